The molecule has 8 heteroatoms. The van der Waals surface area contributed by atoms with Crippen molar-refractivity contribution in [2.75, 3.05) is 18.8 Å². The van der Waals surface area contributed by atoms with Crippen molar-refractivity contribution in [1.29, 1.82) is 0 Å². The number of nitrogens with two attached hydrogens (primary N) is 1. The van der Waals surface area contributed by atoms with Crippen molar-refractivity contribution in [1.82, 2.24) is 9.88 Å². The fourth-order valence-corrected chi connectivity index (χ4v) is 4.31. The van der Waals surface area contributed by atoms with Gasteiger partial charge in [0.2, 0.25) is 0 Å². The molecule has 0 atom stereocenters. The number of aryl methyl sites for hydroxylation is 1. The first-order valence-corrected chi connectivity index (χ1v) is 9.20. The van der Waals surface area contributed by atoms with E-state index in [1.807, 2.05) is 30.0 Å². The third-order valence-electron chi connectivity index (χ3n) is 4.83. The van der Waals surface area contributed by atoms with E-state index in [-0.39, 0.29) is 16.6 Å². The Morgan fingerprint density at radius 1 is 1.35 bits per heavy atom. The van der Waals surface area contributed by atoms with Crippen LogP contribution in [0.15, 0.2) is 18.2 Å². The Hall–Kier alpha value is -1.93. The van der Waals surface area contributed by atoms with E-state index in [0.29, 0.717) is 24.6 Å². The third kappa shape index (κ3) is 4.07. The molecule has 140 valence electrons. The van der Waals surface area contributed by atoms with Crippen LogP contribution in [0.25, 0.3) is 0 Å². The highest BCUT2D eigenvalue weighted by Crippen LogP contribution is 2.37. The number of anilines is 1. The number of nitrogen functional groups attached to an aromatic ring is 1. The van der Waals surface area contributed by atoms with Crippen LogP contribution in [-0.4, -0.2) is 29.3 Å². The number of nitrogens with zero attached hydrogens (tertiary/aromatic N) is 2. The molecule has 1 aromatic carbocycles. The summed E-state index contributed by atoms with van der Waals surface area (Å²) >= 11 is 0.910. The van der Waals surface area contributed by atoms with E-state index in [1.54, 1.807) is 0 Å². The minimum absolute atomic E-state index is 0.0482. The van der Waals surface area contributed by atoms with Gasteiger partial charge < -0.3 is 5.73 Å². The van der Waals surface area contributed by atoms with Crippen molar-refractivity contribution < 1.29 is 18.0 Å². The Morgan fingerprint density at radius 3 is 2.62 bits per heavy atom. The van der Waals surface area contributed by atoms with Gasteiger partial charge in [-0.1, -0.05) is 18.2 Å². The Bertz CT molecular complexity index is 795. The number of aldehydes is 1. The molecule has 1 aliphatic rings. The molecule has 2 N–H and O–H groups in total. The lowest BCUT2D eigenvalue weighted by atomic mass is 9.88. The maximum Gasteiger partial charge on any atom is 0.434 e. The molecule has 0 amide bonds. The van der Waals surface area contributed by atoms with Gasteiger partial charge in [-0.25, -0.2) is 4.98 Å². The largest absolute Gasteiger partial charge is 0.434 e. The molecule has 0 aliphatic carbocycles. The standard InChI is InChI=1S/C18H20F3N3OS/c1-11-8-13(2-3-14(11)10-25)12-4-6-24(7-5-12)9-15-16(18(19,20)21)23-17(22)26-15/h2-3,8,10,12H,4-7,9H2,1H3,(H2,22,23). The van der Waals surface area contributed by atoms with E-state index >= 15 is 0 Å². The molecule has 1 aliphatic heterocycles. The lowest BCUT2D eigenvalue weighted by Gasteiger charge is -2.32. The summed E-state index contributed by atoms with van der Waals surface area (Å²) in [6, 6.07) is 5.85. The molecule has 3 rings (SSSR count). The fraction of sp³-hybridized carbons (Fsp3) is 0.444. The first kappa shape index (κ1) is 18.8. The Labute approximate surface area is 153 Å². The SMILES string of the molecule is Cc1cc(C2CCN(Cc3sc(N)nc3C(F)(F)F)CC2)ccc1C=O. The summed E-state index contributed by atoms with van der Waals surface area (Å²) in [4.78, 5) is 16.6. The molecule has 0 spiro atoms. The molecule has 0 bridgehead atoms. The van der Waals surface area contributed by atoms with Crippen LogP contribution < -0.4 is 5.73 Å². The molecule has 4 nitrogen and oxygen atoms in total. The van der Waals surface area contributed by atoms with Crippen LogP contribution >= 0.6 is 11.3 Å². The van der Waals surface area contributed by atoms with Crippen LogP contribution in [0.2, 0.25) is 0 Å². The average Bonchev–Trinajstić information content (AvgIpc) is 2.96. The van der Waals surface area contributed by atoms with Crippen molar-refractivity contribution in [3.63, 3.8) is 0 Å². The van der Waals surface area contributed by atoms with Gasteiger partial charge in [-0.2, -0.15) is 13.2 Å². The minimum atomic E-state index is -4.47. The maximum absolute atomic E-state index is 13.0. The Morgan fingerprint density at radius 2 is 2.04 bits per heavy atom. The number of rotatable bonds is 4. The number of carbonyl (C=O) groups is 1. The normalized spacial score (nSPS) is 16.8. The first-order chi connectivity index (χ1) is 12.3. The summed E-state index contributed by atoms with van der Waals surface area (Å²) < 4.78 is 39.1. The Balaban J connectivity index is 1.64. The number of piperidine rings is 1. The van der Waals surface area contributed by atoms with Gasteiger partial charge >= 0.3 is 6.18 Å². The fourth-order valence-electron chi connectivity index (χ4n) is 3.41. The molecule has 0 unspecified atom stereocenters. The number of aromatic nitrogens is 1. The Kier molecular flexibility index (Phi) is 5.34. The lowest BCUT2D eigenvalue weighted by Crippen LogP contribution is -2.32. The average molecular weight is 383 g/mol. The van der Waals surface area contributed by atoms with Crippen molar-refractivity contribution in [2.24, 2.45) is 0 Å². The zero-order chi connectivity index (χ0) is 18.9. The molecule has 26 heavy (non-hydrogen) atoms. The lowest BCUT2D eigenvalue weighted by molar-refractivity contribution is -0.141. The number of alkyl halides is 3. The maximum atomic E-state index is 13.0. The summed E-state index contributed by atoms with van der Waals surface area (Å²) in [5.74, 6) is 0.360. The number of carbonyl (C=O) groups excluding carboxylic acids is 1. The van der Waals surface area contributed by atoms with Crippen molar-refractivity contribution in [3.8, 4) is 0 Å². The van der Waals surface area contributed by atoms with E-state index in [9.17, 15) is 18.0 Å². The molecule has 1 aromatic heterocycles. The van der Waals surface area contributed by atoms with E-state index < -0.39 is 11.9 Å². The quantitative estimate of drug-likeness (QED) is 0.802. The number of likely N-dealkylation sites (tertiary alicyclic amines) is 1. The second-order valence-corrected chi connectivity index (χ2v) is 7.72. The van der Waals surface area contributed by atoms with Crippen LogP contribution in [0.1, 0.15) is 50.8 Å². The van der Waals surface area contributed by atoms with Crippen molar-refractivity contribution in [3.05, 3.63) is 45.5 Å². The molecule has 2 aromatic rings. The summed E-state index contributed by atoms with van der Waals surface area (Å²) in [5.41, 5.74) is 7.45. The van der Waals surface area contributed by atoms with E-state index in [4.69, 9.17) is 5.73 Å². The molecule has 1 fully saturated rings. The van der Waals surface area contributed by atoms with E-state index in [1.165, 1.54) is 5.56 Å². The van der Waals surface area contributed by atoms with Crippen LogP contribution in [0.4, 0.5) is 18.3 Å². The van der Waals surface area contributed by atoms with Gasteiger partial charge in [-0.15, -0.1) is 11.3 Å². The summed E-state index contributed by atoms with van der Waals surface area (Å²) in [5, 5.41) is -0.0482. The number of benzene rings is 1. The highest BCUT2D eigenvalue weighted by atomic mass is 32.1. The number of hydrogen-bond acceptors (Lipinski definition) is 5. The number of thiazole rings is 1. The van der Waals surface area contributed by atoms with Gasteiger partial charge in [-0.05, 0) is 49.9 Å². The molecular weight excluding hydrogens is 363 g/mol. The van der Waals surface area contributed by atoms with E-state index in [0.717, 1.165) is 36.0 Å². The van der Waals surface area contributed by atoms with Gasteiger partial charge in [0.25, 0.3) is 0 Å². The summed E-state index contributed by atoms with van der Waals surface area (Å²) in [7, 11) is 0. The zero-order valence-electron chi connectivity index (χ0n) is 14.3. The van der Waals surface area contributed by atoms with Crippen molar-refractivity contribution in [2.45, 2.75) is 38.4 Å². The van der Waals surface area contributed by atoms with E-state index in [2.05, 4.69) is 4.98 Å². The van der Waals surface area contributed by atoms with Crippen LogP contribution in [-0.2, 0) is 12.7 Å². The molecule has 1 saturated heterocycles. The number of halogens is 3. The smallest absolute Gasteiger partial charge is 0.375 e. The molecule has 2 heterocycles. The third-order valence-corrected chi connectivity index (χ3v) is 5.70. The van der Waals surface area contributed by atoms with Crippen molar-refractivity contribution >= 4 is 22.8 Å². The molecular formula is C18H20F3N3OS. The first-order valence-electron chi connectivity index (χ1n) is 8.38. The predicted molar refractivity (Wildman–Crippen MR) is 95.3 cm³/mol. The highest BCUT2D eigenvalue weighted by Gasteiger charge is 2.37. The van der Waals surface area contributed by atoms with Crippen LogP contribution in [0.3, 0.4) is 0 Å². The topological polar surface area (TPSA) is 59.2 Å². The second-order valence-electron chi connectivity index (χ2n) is 6.61. The monoisotopic (exact) mass is 383 g/mol. The van der Waals surface area contributed by atoms with Gasteiger partial charge in [-0.3, -0.25) is 9.69 Å². The van der Waals surface area contributed by atoms with Gasteiger partial charge in [0.15, 0.2) is 10.8 Å². The van der Waals surface area contributed by atoms with Crippen LogP contribution in [0, 0.1) is 6.92 Å². The second kappa shape index (κ2) is 7.36. The van der Waals surface area contributed by atoms with Gasteiger partial charge in [0.1, 0.15) is 6.29 Å². The minimum Gasteiger partial charge on any atom is -0.375 e. The zero-order valence-corrected chi connectivity index (χ0v) is 15.2. The summed E-state index contributed by atoms with van der Waals surface area (Å²) in [6.45, 7) is 3.57. The number of hydrogen-bond donors (Lipinski definition) is 1. The van der Waals surface area contributed by atoms with Crippen LogP contribution in [0.5, 0.6) is 0 Å². The summed E-state index contributed by atoms with van der Waals surface area (Å²) in [6.07, 6.45) is -1.88. The molecule has 0 radical (unpaired) electrons. The van der Waals surface area contributed by atoms with Gasteiger partial charge in [0.05, 0.1) is 4.88 Å². The van der Waals surface area contributed by atoms with Gasteiger partial charge in [0, 0.05) is 12.1 Å². The highest BCUT2D eigenvalue weighted by molar-refractivity contribution is 7.15. The predicted octanol–water partition coefficient (Wildman–Crippen LogP) is 4.24. The molecule has 0 saturated carbocycles.